The van der Waals surface area contributed by atoms with Gasteiger partial charge in [0, 0.05) is 25.3 Å². The minimum absolute atomic E-state index is 0.0353. The van der Waals surface area contributed by atoms with Crippen LogP contribution in [-0.2, 0) is 9.53 Å². The lowest BCUT2D eigenvalue weighted by Crippen LogP contribution is -2.15. The van der Waals surface area contributed by atoms with Crippen LogP contribution < -0.4 is 5.32 Å². The van der Waals surface area contributed by atoms with Crippen molar-refractivity contribution in [2.75, 3.05) is 13.7 Å². The molecule has 0 radical (unpaired) electrons. The molecule has 1 rings (SSSR count). The summed E-state index contributed by atoms with van der Waals surface area (Å²) in [6.45, 7) is 2.25. The summed E-state index contributed by atoms with van der Waals surface area (Å²) in [6.07, 6.45) is 4.69. The highest BCUT2D eigenvalue weighted by atomic mass is 16.6. The molecule has 1 aromatic carbocycles. The fraction of sp³-hybridized carbons (Fsp3) is 0.214. The first kappa shape index (κ1) is 15.4. The van der Waals surface area contributed by atoms with Gasteiger partial charge in [-0.05, 0) is 30.7 Å². The Bertz CT molecular complexity index is 533. The lowest BCUT2D eigenvalue weighted by atomic mass is 10.2. The smallest absolute Gasteiger partial charge is 0.269 e. The number of nitrogens with one attached hydrogen (secondary N) is 1. The number of nitro groups is 1. The van der Waals surface area contributed by atoms with Crippen molar-refractivity contribution in [3.63, 3.8) is 0 Å². The third-order valence-corrected chi connectivity index (χ3v) is 2.37. The summed E-state index contributed by atoms with van der Waals surface area (Å²) < 4.78 is 5.30. The minimum atomic E-state index is -0.454. The fourth-order valence-corrected chi connectivity index (χ4v) is 1.39. The van der Waals surface area contributed by atoms with Crippen LogP contribution >= 0.6 is 0 Å². The van der Waals surface area contributed by atoms with E-state index in [4.69, 9.17) is 4.74 Å². The summed E-state index contributed by atoms with van der Waals surface area (Å²) >= 11 is 0. The molecular formula is C14H16N2O4. The number of hydrogen-bond donors (Lipinski definition) is 1. The summed E-state index contributed by atoms with van der Waals surface area (Å²) in [5, 5.41) is 13.0. The number of nitrogens with zero attached hydrogens (tertiary/aromatic N) is 1. The Hall–Kier alpha value is -2.63. The van der Waals surface area contributed by atoms with Gasteiger partial charge in [0.1, 0.15) is 5.76 Å². The maximum absolute atomic E-state index is 11.3. The zero-order chi connectivity index (χ0) is 15.0. The highest BCUT2D eigenvalue weighted by Gasteiger charge is 2.02. The molecule has 0 aromatic heterocycles. The molecule has 1 N–H and O–H groups in total. The molecule has 20 heavy (non-hydrogen) atoms. The monoisotopic (exact) mass is 276 g/mol. The molecule has 0 fully saturated rings. The topological polar surface area (TPSA) is 81.5 Å². The van der Waals surface area contributed by atoms with E-state index in [1.807, 2.05) is 6.92 Å². The van der Waals surface area contributed by atoms with Gasteiger partial charge in [-0.3, -0.25) is 14.9 Å². The fourth-order valence-electron chi connectivity index (χ4n) is 1.39. The number of amides is 1. The van der Waals surface area contributed by atoms with Crippen molar-refractivity contribution in [2.24, 2.45) is 0 Å². The second kappa shape index (κ2) is 7.73. The van der Waals surface area contributed by atoms with Crippen molar-refractivity contribution in [3.05, 3.63) is 57.9 Å². The van der Waals surface area contributed by atoms with E-state index < -0.39 is 4.92 Å². The van der Waals surface area contributed by atoms with E-state index in [0.717, 1.165) is 5.56 Å². The van der Waals surface area contributed by atoms with Crippen molar-refractivity contribution in [1.82, 2.24) is 5.32 Å². The number of ether oxygens (including phenoxy) is 1. The van der Waals surface area contributed by atoms with Crippen LogP contribution in [-0.4, -0.2) is 24.5 Å². The number of rotatable bonds is 6. The van der Waals surface area contributed by atoms with E-state index in [-0.39, 0.29) is 11.6 Å². The summed E-state index contributed by atoms with van der Waals surface area (Å²) in [6, 6.07) is 6.08. The molecule has 1 amide bonds. The van der Waals surface area contributed by atoms with E-state index in [0.29, 0.717) is 12.4 Å². The zero-order valence-corrected chi connectivity index (χ0v) is 11.3. The second-order valence-electron chi connectivity index (χ2n) is 3.78. The number of carbonyl (C=O) groups is 1. The van der Waals surface area contributed by atoms with Crippen molar-refractivity contribution < 1.29 is 14.5 Å². The molecule has 0 aliphatic heterocycles. The largest absolute Gasteiger partial charge is 0.494 e. The Balaban J connectivity index is 2.84. The highest BCUT2D eigenvalue weighted by molar-refractivity contribution is 5.88. The molecule has 0 unspecified atom stereocenters. The number of allylic oxidation sites excluding steroid dienone is 1. The Morgan fingerprint density at radius 1 is 1.40 bits per heavy atom. The Labute approximate surface area is 116 Å². The number of carbonyl (C=O) groups excluding carboxylic acids is 1. The van der Waals surface area contributed by atoms with Gasteiger partial charge in [0.2, 0.25) is 5.91 Å². The van der Waals surface area contributed by atoms with Crippen LogP contribution in [0.25, 0.3) is 6.08 Å². The molecule has 0 heterocycles. The first-order valence-corrected chi connectivity index (χ1v) is 6.05. The third-order valence-electron chi connectivity index (χ3n) is 2.37. The molecular weight excluding hydrogens is 260 g/mol. The number of non-ortho nitro benzene ring substituents is 1. The van der Waals surface area contributed by atoms with Gasteiger partial charge in [-0.25, -0.2) is 0 Å². The second-order valence-corrected chi connectivity index (χ2v) is 3.78. The maximum Gasteiger partial charge on any atom is 0.269 e. The summed E-state index contributed by atoms with van der Waals surface area (Å²) in [5.41, 5.74) is 0.811. The molecule has 106 valence electrons. The first-order valence-electron chi connectivity index (χ1n) is 6.05. The Morgan fingerprint density at radius 3 is 2.55 bits per heavy atom. The van der Waals surface area contributed by atoms with Gasteiger partial charge in [0.15, 0.2) is 0 Å². The number of hydrogen-bond acceptors (Lipinski definition) is 4. The molecule has 0 saturated heterocycles. The van der Waals surface area contributed by atoms with Crippen molar-refractivity contribution in [3.8, 4) is 0 Å². The van der Waals surface area contributed by atoms with Crippen LogP contribution in [0.5, 0.6) is 0 Å². The number of likely N-dealkylation sites (N-methyl/N-ethyl adjacent to an activating group) is 1. The standard InChI is InChI=1S/C14H16N2O4/c1-3-20-13(10-14(17)15-2)9-6-11-4-7-12(8-5-11)16(18)19/h4-10H,3H2,1-2H3,(H,15,17)/b9-6+,13-10-. The molecule has 0 atom stereocenters. The van der Waals surface area contributed by atoms with Crippen molar-refractivity contribution in [2.45, 2.75) is 6.92 Å². The molecule has 0 saturated carbocycles. The van der Waals surface area contributed by atoms with Gasteiger partial charge in [0.25, 0.3) is 5.69 Å². The summed E-state index contributed by atoms with van der Waals surface area (Å²) in [7, 11) is 1.53. The summed E-state index contributed by atoms with van der Waals surface area (Å²) in [4.78, 5) is 21.3. The molecule has 6 nitrogen and oxygen atoms in total. The quantitative estimate of drug-likeness (QED) is 0.284. The maximum atomic E-state index is 11.3. The SMILES string of the molecule is CCOC(=C\C(=O)NC)/C=C/c1ccc([N+](=O)[O-])cc1. The Morgan fingerprint density at radius 2 is 2.05 bits per heavy atom. The van der Waals surface area contributed by atoms with Crippen LogP contribution in [0, 0.1) is 10.1 Å². The van der Waals surface area contributed by atoms with Crippen LogP contribution in [0.4, 0.5) is 5.69 Å². The average Bonchev–Trinajstić information content (AvgIpc) is 2.45. The molecule has 1 aromatic rings. The summed E-state index contributed by atoms with van der Waals surface area (Å²) in [5.74, 6) is 0.159. The average molecular weight is 276 g/mol. The van der Waals surface area contributed by atoms with E-state index >= 15 is 0 Å². The van der Waals surface area contributed by atoms with E-state index in [1.165, 1.54) is 25.3 Å². The zero-order valence-electron chi connectivity index (χ0n) is 11.3. The number of benzene rings is 1. The predicted octanol–water partition coefficient (Wildman–Crippen LogP) is 2.27. The molecule has 6 heteroatoms. The first-order chi connectivity index (χ1) is 9.56. The van der Waals surface area contributed by atoms with Crippen molar-refractivity contribution >= 4 is 17.7 Å². The molecule has 0 spiro atoms. The highest BCUT2D eigenvalue weighted by Crippen LogP contribution is 2.13. The van der Waals surface area contributed by atoms with Gasteiger partial charge < -0.3 is 10.1 Å². The molecule has 0 bridgehead atoms. The van der Waals surface area contributed by atoms with Crippen LogP contribution in [0.15, 0.2) is 42.2 Å². The van der Waals surface area contributed by atoms with Gasteiger partial charge in [0.05, 0.1) is 11.5 Å². The normalized spacial score (nSPS) is 11.4. The van der Waals surface area contributed by atoms with E-state index in [1.54, 1.807) is 24.3 Å². The van der Waals surface area contributed by atoms with Gasteiger partial charge in [-0.2, -0.15) is 0 Å². The Kier molecular flexibility index (Phi) is 5.96. The van der Waals surface area contributed by atoms with E-state index in [9.17, 15) is 14.9 Å². The van der Waals surface area contributed by atoms with Gasteiger partial charge in [-0.15, -0.1) is 0 Å². The lowest BCUT2D eigenvalue weighted by Gasteiger charge is -2.03. The van der Waals surface area contributed by atoms with Gasteiger partial charge >= 0.3 is 0 Å². The van der Waals surface area contributed by atoms with Crippen molar-refractivity contribution in [1.29, 1.82) is 0 Å². The van der Waals surface area contributed by atoms with Crippen LogP contribution in [0.2, 0.25) is 0 Å². The third kappa shape index (κ3) is 4.93. The van der Waals surface area contributed by atoms with E-state index in [2.05, 4.69) is 5.32 Å². The number of nitro benzene ring substituents is 1. The molecule has 0 aliphatic rings. The molecule has 0 aliphatic carbocycles. The lowest BCUT2D eigenvalue weighted by molar-refractivity contribution is -0.384. The van der Waals surface area contributed by atoms with Gasteiger partial charge in [-0.1, -0.05) is 6.08 Å². The predicted molar refractivity (Wildman–Crippen MR) is 75.9 cm³/mol. The minimum Gasteiger partial charge on any atom is -0.494 e. The van der Waals surface area contributed by atoms with Crippen LogP contribution in [0.3, 0.4) is 0 Å². The van der Waals surface area contributed by atoms with Crippen LogP contribution in [0.1, 0.15) is 12.5 Å².